The Balaban J connectivity index is 2.09. The van der Waals surface area contributed by atoms with Crippen molar-refractivity contribution in [1.29, 1.82) is 0 Å². The van der Waals surface area contributed by atoms with Gasteiger partial charge in [-0.2, -0.15) is 0 Å². The predicted octanol–water partition coefficient (Wildman–Crippen LogP) is 2.03. The van der Waals surface area contributed by atoms with E-state index in [9.17, 15) is 14.7 Å². The second kappa shape index (κ2) is 6.62. The van der Waals surface area contributed by atoms with Gasteiger partial charge in [0.1, 0.15) is 12.3 Å². The van der Waals surface area contributed by atoms with Crippen molar-refractivity contribution in [2.45, 2.75) is 12.3 Å². The van der Waals surface area contributed by atoms with Crippen LogP contribution in [-0.4, -0.2) is 53.5 Å². The molecule has 0 radical (unpaired) electrons. The SMILES string of the molecule is CN(CC(=O)N1CC[C@H](c2c(O)ccc(Cl)c2Cl)C1)C(N)=O. The second-order valence-corrected chi connectivity index (χ2v) is 6.10. The number of likely N-dealkylation sites (N-methyl/N-ethyl adjacent to an activating group) is 1. The van der Waals surface area contributed by atoms with E-state index in [0.29, 0.717) is 35.1 Å². The van der Waals surface area contributed by atoms with Gasteiger partial charge in [0.15, 0.2) is 0 Å². The molecule has 1 aliphatic heterocycles. The number of phenolic OH excluding ortho intramolecular Hbond substituents is 1. The molecule has 1 atom stereocenters. The Hall–Kier alpha value is -1.66. The number of amides is 3. The maximum absolute atomic E-state index is 12.1. The fraction of sp³-hybridized carbons (Fsp3) is 0.429. The Labute approximate surface area is 138 Å². The molecule has 2 rings (SSSR count). The van der Waals surface area contributed by atoms with Crippen molar-refractivity contribution < 1.29 is 14.7 Å². The minimum absolute atomic E-state index is 0.0721. The molecule has 0 unspecified atom stereocenters. The van der Waals surface area contributed by atoms with Gasteiger partial charge < -0.3 is 20.6 Å². The molecule has 0 spiro atoms. The Bertz CT molecular complexity index is 609. The first-order chi connectivity index (χ1) is 10.3. The van der Waals surface area contributed by atoms with E-state index in [4.69, 9.17) is 28.9 Å². The van der Waals surface area contributed by atoms with Crippen LogP contribution in [0.3, 0.4) is 0 Å². The zero-order valence-corrected chi connectivity index (χ0v) is 13.6. The van der Waals surface area contributed by atoms with E-state index >= 15 is 0 Å². The van der Waals surface area contributed by atoms with E-state index in [-0.39, 0.29) is 24.1 Å². The minimum atomic E-state index is -0.653. The molecule has 0 saturated carbocycles. The van der Waals surface area contributed by atoms with Crippen LogP contribution in [0.25, 0.3) is 0 Å². The maximum atomic E-state index is 12.1. The molecule has 22 heavy (non-hydrogen) atoms. The van der Waals surface area contributed by atoms with E-state index in [1.54, 1.807) is 4.90 Å². The summed E-state index contributed by atoms with van der Waals surface area (Å²) in [5, 5.41) is 10.7. The van der Waals surface area contributed by atoms with Gasteiger partial charge in [-0.1, -0.05) is 23.2 Å². The van der Waals surface area contributed by atoms with Crippen LogP contribution in [0, 0.1) is 0 Å². The number of rotatable bonds is 3. The third kappa shape index (κ3) is 3.39. The molecule has 1 fully saturated rings. The van der Waals surface area contributed by atoms with Crippen LogP contribution >= 0.6 is 23.2 Å². The maximum Gasteiger partial charge on any atom is 0.314 e. The quantitative estimate of drug-likeness (QED) is 0.878. The molecule has 120 valence electrons. The van der Waals surface area contributed by atoms with Crippen molar-refractivity contribution in [2.24, 2.45) is 5.73 Å². The first kappa shape index (κ1) is 16.7. The van der Waals surface area contributed by atoms with Crippen molar-refractivity contribution in [3.05, 3.63) is 27.7 Å². The summed E-state index contributed by atoms with van der Waals surface area (Å²) in [6.07, 6.45) is 0.666. The number of carbonyl (C=O) groups excluding carboxylic acids is 2. The van der Waals surface area contributed by atoms with Crippen molar-refractivity contribution in [3.8, 4) is 5.75 Å². The van der Waals surface area contributed by atoms with Gasteiger partial charge in [0, 0.05) is 31.6 Å². The highest BCUT2D eigenvalue weighted by molar-refractivity contribution is 6.42. The lowest BCUT2D eigenvalue weighted by molar-refractivity contribution is -0.130. The molecular formula is C14H17Cl2N3O3. The van der Waals surface area contributed by atoms with E-state index in [1.807, 2.05) is 0 Å². The highest BCUT2D eigenvalue weighted by Gasteiger charge is 2.31. The summed E-state index contributed by atoms with van der Waals surface area (Å²) in [7, 11) is 1.47. The normalized spacial score (nSPS) is 17.6. The smallest absolute Gasteiger partial charge is 0.314 e. The summed E-state index contributed by atoms with van der Waals surface area (Å²) < 4.78 is 0. The van der Waals surface area contributed by atoms with Gasteiger partial charge in [-0.25, -0.2) is 4.79 Å². The van der Waals surface area contributed by atoms with E-state index < -0.39 is 6.03 Å². The molecule has 6 nitrogen and oxygen atoms in total. The van der Waals surface area contributed by atoms with Crippen LogP contribution in [0.2, 0.25) is 10.0 Å². The molecular weight excluding hydrogens is 329 g/mol. The molecule has 1 saturated heterocycles. The molecule has 3 amide bonds. The predicted molar refractivity (Wildman–Crippen MR) is 84.3 cm³/mol. The van der Waals surface area contributed by atoms with Gasteiger partial charge in [0.05, 0.1) is 10.0 Å². The lowest BCUT2D eigenvalue weighted by Crippen LogP contribution is -2.42. The molecule has 3 N–H and O–H groups in total. The van der Waals surface area contributed by atoms with Crippen molar-refractivity contribution in [1.82, 2.24) is 9.80 Å². The molecule has 0 bridgehead atoms. The number of hydrogen-bond donors (Lipinski definition) is 2. The van der Waals surface area contributed by atoms with Crippen LogP contribution in [0.5, 0.6) is 5.75 Å². The third-order valence-electron chi connectivity index (χ3n) is 3.81. The van der Waals surface area contributed by atoms with Crippen molar-refractivity contribution in [2.75, 3.05) is 26.7 Å². The molecule has 8 heteroatoms. The summed E-state index contributed by atoms with van der Waals surface area (Å²) in [4.78, 5) is 25.9. The first-order valence-electron chi connectivity index (χ1n) is 6.76. The van der Waals surface area contributed by atoms with Gasteiger partial charge in [0.25, 0.3) is 0 Å². The van der Waals surface area contributed by atoms with Crippen molar-refractivity contribution >= 4 is 35.1 Å². The van der Waals surface area contributed by atoms with Gasteiger partial charge in [0.2, 0.25) is 5.91 Å². The summed E-state index contributed by atoms with van der Waals surface area (Å²) in [6, 6.07) is 2.37. The number of urea groups is 1. The highest BCUT2D eigenvalue weighted by atomic mass is 35.5. The van der Waals surface area contributed by atoms with E-state index in [1.165, 1.54) is 19.2 Å². The van der Waals surface area contributed by atoms with Crippen LogP contribution in [0.4, 0.5) is 4.79 Å². The van der Waals surface area contributed by atoms with Crippen molar-refractivity contribution in [3.63, 3.8) is 0 Å². The lowest BCUT2D eigenvalue weighted by Gasteiger charge is -2.21. The fourth-order valence-electron chi connectivity index (χ4n) is 2.55. The number of phenols is 1. The number of likely N-dealkylation sites (tertiary alicyclic amines) is 1. The largest absolute Gasteiger partial charge is 0.508 e. The summed E-state index contributed by atoms with van der Waals surface area (Å²) in [5.41, 5.74) is 5.67. The number of halogens is 2. The minimum Gasteiger partial charge on any atom is -0.508 e. The van der Waals surface area contributed by atoms with Gasteiger partial charge >= 0.3 is 6.03 Å². The van der Waals surface area contributed by atoms with Crippen LogP contribution in [0.1, 0.15) is 17.9 Å². The molecule has 1 aliphatic rings. The summed E-state index contributed by atoms with van der Waals surface area (Å²) in [5.74, 6) is -0.210. The average Bonchev–Trinajstić information content (AvgIpc) is 2.93. The summed E-state index contributed by atoms with van der Waals surface area (Å²) in [6.45, 7) is 0.870. The zero-order chi connectivity index (χ0) is 16.4. The molecule has 0 aliphatic carbocycles. The molecule has 0 aromatic heterocycles. The van der Waals surface area contributed by atoms with E-state index in [2.05, 4.69) is 0 Å². The van der Waals surface area contributed by atoms with Crippen LogP contribution in [0.15, 0.2) is 12.1 Å². The van der Waals surface area contributed by atoms with Gasteiger partial charge in [-0.05, 0) is 18.6 Å². The molecule has 1 aromatic carbocycles. The number of nitrogens with zero attached hydrogens (tertiary/aromatic N) is 2. The Morgan fingerprint density at radius 1 is 1.45 bits per heavy atom. The topological polar surface area (TPSA) is 86.9 Å². The number of primary amides is 1. The number of benzene rings is 1. The summed E-state index contributed by atoms with van der Waals surface area (Å²) >= 11 is 12.2. The number of hydrogen-bond acceptors (Lipinski definition) is 3. The second-order valence-electron chi connectivity index (χ2n) is 5.31. The first-order valence-corrected chi connectivity index (χ1v) is 7.52. The highest BCUT2D eigenvalue weighted by Crippen LogP contribution is 2.41. The van der Waals surface area contributed by atoms with Gasteiger partial charge in [-0.15, -0.1) is 0 Å². The molecule has 1 aromatic rings. The molecule has 1 heterocycles. The average molecular weight is 346 g/mol. The van der Waals surface area contributed by atoms with Crippen LogP contribution < -0.4 is 5.73 Å². The Morgan fingerprint density at radius 3 is 2.77 bits per heavy atom. The van der Waals surface area contributed by atoms with Crippen LogP contribution in [-0.2, 0) is 4.79 Å². The Kier molecular flexibility index (Phi) is 5.03. The number of aromatic hydroxyl groups is 1. The third-order valence-corrected chi connectivity index (χ3v) is 4.63. The standard InChI is InChI=1S/C14H17Cl2N3O3/c1-18(14(17)22)7-11(21)19-5-4-8(6-19)12-10(20)3-2-9(15)13(12)16/h2-3,8,20H,4-7H2,1H3,(H2,17,22)/t8-/m0/s1. The lowest BCUT2D eigenvalue weighted by atomic mass is 9.97. The number of nitrogens with two attached hydrogens (primary N) is 1. The zero-order valence-electron chi connectivity index (χ0n) is 12.1. The number of carbonyl (C=O) groups is 2. The van der Waals surface area contributed by atoms with E-state index in [0.717, 1.165) is 4.90 Å². The Morgan fingerprint density at radius 2 is 2.14 bits per heavy atom. The monoisotopic (exact) mass is 345 g/mol. The van der Waals surface area contributed by atoms with Gasteiger partial charge in [-0.3, -0.25) is 4.79 Å². The fourth-order valence-corrected chi connectivity index (χ4v) is 3.03.